The summed E-state index contributed by atoms with van der Waals surface area (Å²) in [5, 5.41) is 13.9. The van der Waals surface area contributed by atoms with Gasteiger partial charge in [0.05, 0.1) is 9.95 Å². The molecular formula is C14H18ClFN2O2. The maximum absolute atomic E-state index is 13.5. The van der Waals surface area contributed by atoms with Crippen LogP contribution in [0.2, 0.25) is 5.02 Å². The predicted molar refractivity (Wildman–Crippen MR) is 77.7 cm³/mol. The molecule has 1 aliphatic rings. The summed E-state index contributed by atoms with van der Waals surface area (Å²) in [7, 11) is 0. The number of nitrogens with one attached hydrogen (secondary N) is 1. The van der Waals surface area contributed by atoms with Gasteiger partial charge in [-0.05, 0) is 31.1 Å². The van der Waals surface area contributed by atoms with Crippen molar-refractivity contribution in [3.8, 4) is 0 Å². The highest BCUT2D eigenvalue weighted by molar-refractivity contribution is 6.31. The van der Waals surface area contributed by atoms with Crippen molar-refractivity contribution >= 4 is 23.0 Å². The number of nitro groups is 1. The summed E-state index contributed by atoms with van der Waals surface area (Å²) in [6, 6.07) is 2.31. The zero-order valence-electron chi connectivity index (χ0n) is 11.6. The number of nitrogens with zero attached hydrogens (tertiary/aromatic N) is 1. The monoisotopic (exact) mass is 300 g/mol. The van der Waals surface area contributed by atoms with Gasteiger partial charge in [-0.3, -0.25) is 10.1 Å². The van der Waals surface area contributed by atoms with E-state index >= 15 is 0 Å². The van der Waals surface area contributed by atoms with E-state index in [1.165, 1.54) is 0 Å². The fraction of sp³-hybridized carbons (Fsp3) is 0.571. The Bertz CT molecular complexity index is 524. The van der Waals surface area contributed by atoms with Gasteiger partial charge in [0, 0.05) is 18.2 Å². The Hall–Kier alpha value is -1.36. The molecule has 1 fully saturated rings. The van der Waals surface area contributed by atoms with Gasteiger partial charge in [-0.2, -0.15) is 0 Å². The fourth-order valence-corrected chi connectivity index (χ4v) is 2.72. The lowest BCUT2D eigenvalue weighted by Crippen LogP contribution is -2.30. The zero-order chi connectivity index (χ0) is 14.9. The summed E-state index contributed by atoms with van der Waals surface area (Å²) in [6.07, 6.45) is 3.95. The Morgan fingerprint density at radius 1 is 1.40 bits per heavy atom. The number of hydrogen-bond donors (Lipinski definition) is 1. The number of nitro benzene ring substituents is 1. The highest BCUT2D eigenvalue weighted by Gasteiger charge is 2.28. The van der Waals surface area contributed by atoms with Crippen molar-refractivity contribution in [1.29, 1.82) is 0 Å². The Morgan fingerprint density at radius 3 is 2.55 bits per heavy atom. The van der Waals surface area contributed by atoms with Crippen LogP contribution in [0, 0.1) is 21.3 Å². The van der Waals surface area contributed by atoms with E-state index in [0.29, 0.717) is 5.41 Å². The van der Waals surface area contributed by atoms with Gasteiger partial charge in [0.2, 0.25) is 0 Å². The third-order valence-electron chi connectivity index (χ3n) is 3.93. The first-order valence-electron chi connectivity index (χ1n) is 6.68. The van der Waals surface area contributed by atoms with Crippen molar-refractivity contribution in [1.82, 2.24) is 0 Å². The van der Waals surface area contributed by atoms with Crippen LogP contribution in [0.3, 0.4) is 0 Å². The Kier molecular flexibility index (Phi) is 4.18. The highest BCUT2D eigenvalue weighted by atomic mass is 35.5. The van der Waals surface area contributed by atoms with E-state index in [-0.39, 0.29) is 22.4 Å². The van der Waals surface area contributed by atoms with E-state index in [1.807, 2.05) is 0 Å². The first kappa shape index (κ1) is 15.0. The quantitative estimate of drug-likeness (QED) is 0.646. The van der Waals surface area contributed by atoms with Crippen molar-refractivity contribution in [3.63, 3.8) is 0 Å². The molecule has 0 radical (unpaired) electrons. The molecule has 0 aromatic heterocycles. The topological polar surface area (TPSA) is 55.2 Å². The van der Waals surface area contributed by atoms with Crippen LogP contribution in [0.5, 0.6) is 0 Å². The van der Waals surface area contributed by atoms with Gasteiger partial charge in [-0.15, -0.1) is 0 Å². The van der Waals surface area contributed by atoms with Crippen LogP contribution in [0.25, 0.3) is 0 Å². The number of hydrogen-bond acceptors (Lipinski definition) is 3. The largest absolute Gasteiger partial charge is 0.377 e. The summed E-state index contributed by atoms with van der Waals surface area (Å²) in [5.41, 5.74) is 0.345. The van der Waals surface area contributed by atoms with E-state index in [9.17, 15) is 14.5 Å². The molecule has 0 heterocycles. The van der Waals surface area contributed by atoms with Crippen LogP contribution >= 0.6 is 11.6 Å². The molecule has 2 rings (SSSR count). The SMILES string of the molecule is CC1(C)CCC(Nc2cc(F)c(Cl)cc2[N+](=O)[O-])CC1. The first-order chi connectivity index (χ1) is 9.28. The number of rotatable bonds is 3. The predicted octanol–water partition coefficient (Wildman–Crippen LogP) is 4.77. The van der Waals surface area contributed by atoms with E-state index in [1.54, 1.807) is 0 Å². The molecule has 0 atom stereocenters. The van der Waals surface area contributed by atoms with Gasteiger partial charge in [0.15, 0.2) is 0 Å². The molecule has 6 heteroatoms. The first-order valence-corrected chi connectivity index (χ1v) is 7.06. The van der Waals surface area contributed by atoms with Crippen molar-refractivity contribution in [2.24, 2.45) is 5.41 Å². The standard InChI is InChI=1S/C14H18ClFN2O2/c1-14(2)5-3-9(4-6-14)17-12-8-11(16)10(15)7-13(12)18(19)20/h7-9,17H,3-6H2,1-2H3. The van der Waals surface area contributed by atoms with E-state index < -0.39 is 10.7 Å². The molecule has 0 bridgehead atoms. The number of benzene rings is 1. The van der Waals surface area contributed by atoms with Crippen LogP contribution in [-0.2, 0) is 0 Å². The normalized spacial score (nSPS) is 18.8. The number of halogens is 2. The minimum atomic E-state index is -0.643. The maximum Gasteiger partial charge on any atom is 0.294 e. The number of anilines is 1. The van der Waals surface area contributed by atoms with Gasteiger partial charge < -0.3 is 5.32 Å². The van der Waals surface area contributed by atoms with Gasteiger partial charge >= 0.3 is 0 Å². The second kappa shape index (κ2) is 5.56. The smallest absolute Gasteiger partial charge is 0.294 e. The molecule has 0 amide bonds. The average molecular weight is 301 g/mol. The average Bonchev–Trinajstić information content (AvgIpc) is 2.35. The lowest BCUT2D eigenvalue weighted by Gasteiger charge is -2.35. The molecule has 0 unspecified atom stereocenters. The van der Waals surface area contributed by atoms with Crippen LogP contribution in [0.15, 0.2) is 12.1 Å². The molecule has 1 aromatic rings. The summed E-state index contributed by atoms with van der Waals surface area (Å²) >= 11 is 5.60. The molecule has 0 spiro atoms. The highest BCUT2D eigenvalue weighted by Crippen LogP contribution is 2.38. The summed E-state index contributed by atoms with van der Waals surface area (Å²) in [6.45, 7) is 4.43. The molecular weight excluding hydrogens is 283 g/mol. The molecule has 20 heavy (non-hydrogen) atoms. The molecule has 110 valence electrons. The zero-order valence-corrected chi connectivity index (χ0v) is 12.3. The van der Waals surface area contributed by atoms with E-state index in [0.717, 1.165) is 37.8 Å². The van der Waals surface area contributed by atoms with Crippen molar-refractivity contribution in [3.05, 3.63) is 33.1 Å². The van der Waals surface area contributed by atoms with Crippen molar-refractivity contribution in [2.75, 3.05) is 5.32 Å². The maximum atomic E-state index is 13.5. The minimum absolute atomic E-state index is 0.141. The Morgan fingerprint density at radius 2 is 2.00 bits per heavy atom. The van der Waals surface area contributed by atoms with Gasteiger partial charge in [-0.1, -0.05) is 25.4 Å². The molecule has 0 aliphatic heterocycles. The molecule has 4 nitrogen and oxygen atoms in total. The van der Waals surface area contributed by atoms with Gasteiger partial charge in [0.25, 0.3) is 5.69 Å². The van der Waals surface area contributed by atoms with E-state index in [4.69, 9.17) is 11.6 Å². The molecule has 1 N–H and O–H groups in total. The Labute approximate surface area is 122 Å². The lowest BCUT2D eigenvalue weighted by molar-refractivity contribution is -0.384. The summed E-state index contributed by atoms with van der Waals surface area (Å²) < 4.78 is 13.5. The van der Waals surface area contributed by atoms with Crippen molar-refractivity contribution in [2.45, 2.75) is 45.6 Å². The molecule has 1 saturated carbocycles. The fourth-order valence-electron chi connectivity index (χ4n) is 2.57. The molecule has 1 aliphatic carbocycles. The molecule has 0 saturated heterocycles. The second-order valence-corrected chi connectivity index (χ2v) is 6.53. The summed E-state index contributed by atoms with van der Waals surface area (Å²) in [4.78, 5) is 10.5. The third-order valence-corrected chi connectivity index (χ3v) is 4.22. The van der Waals surface area contributed by atoms with Crippen LogP contribution in [-0.4, -0.2) is 11.0 Å². The Balaban J connectivity index is 2.17. The minimum Gasteiger partial charge on any atom is -0.377 e. The van der Waals surface area contributed by atoms with Crippen LogP contribution in [0.4, 0.5) is 15.8 Å². The van der Waals surface area contributed by atoms with Crippen molar-refractivity contribution < 1.29 is 9.31 Å². The lowest BCUT2D eigenvalue weighted by atomic mass is 9.75. The third kappa shape index (κ3) is 3.39. The van der Waals surface area contributed by atoms with Crippen LogP contribution in [0.1, 0.15) is 39.5 Å². The van der Waals surface area contributed by atoms with Gasteiger partial charge in [-0.25, -0.2) is 4.39 Å². The van der Waals surface area contributed by atoms with Crippen LogP contribution < -0.4 is 5.32 Å². The van der Waals surface area contributed by atoms with Gasteiger partial charge in [0.1, 0.15) is 11.5 Å². The molecule has 1 aromatic carbocycles. The second-order valence-electron chi connectivity index (χ2n) is 6.12. The van der Waals surface area contributed by atoms with E-state index in [2.05, 4.69) is 19.2 Å². The summed E-state index contributed by atoms with van der Waals surface area (Å²) in [5.74, 6) is -0.643.